The molecule has 0 radical (unpaired) electrons. The van der Waals surface area contributed by atoms with Crippen LogP contribution < -0.4 is 25.2 Å². The van der Waals surface area contributed by atoms with Crippen molar-refractivity contribution in [3.8, 4) is 17.2 Å². The number of phenolic OH excluding ortho intramolecular Hbond substituents is 1. The minimum absolute atomic E-state index is 0.0710. The minimum atomic E-state index is -1.06. The number of phenols is 1. The van der Waals surface area contributed by atoms with Gasteiger partial charge in [-0.2, -0.15) is 0 Å². The summed E-state index contributed by atoms with van der Waals surface area (Å²) in [5.74, 6) is -0.0250. The van der Waals surface area contributed by atoms with Crippen LogP contribution in [-0.2, 0) is 17.6 Å². The van der Waals surface area contributed by atoms with Crippen LogP contribution in [0.25, 0.3) is 10.9 Å². The van der Waals surface area contributed by atoms with E-state index in [9.17, 15) is 19.8 Å². The standard InChI is InChI=1S/C24H26N2O8/c1-32-20-9-13-7-15(8-14(13)10-21(20)33-2)25-11-19(29)16-3-5-18(28)24-17(16)4-6-22(30)26(24)34-23(31)12-27/h3-6,9-10,15,19,25,27-29H,7-8,11-12H2,1-2H3. The Morgan fingerprint density at radius 3 is 2.35 bits per heavy atom. The number of nitrogens with zero attached hydrogens (tertiary/aromatic N) is 1. The van der Waals surface area contributed by atoms with E-state index in [1.54, 1.807) is 20.3 Å². The fourth-order valence-electron chi connectivity index (χ4n) is 4.32. The lowest BCUT2D eigenvalue weighted by Gasteiger charge is -2.19. The van der Waals surface area contributed by atoms with Crippen LogP contribution in [0.1, 0.15) is 22.8 Å². The highest BCUT2D eigenvalue weighted by Gasteiger charge is 2.25. The summed E-state index contributed by atoms with van der Waals surface area (Å²) < 4.78 is 11.4. The van der Waals surface area contributed by atoms with Gasteiger partial charge in [-0.3, -0.25) is 4.79 Å². The van der Waals surface area contributed by atoms with E-state index in [1.165, 1.54) is 12.1 Å². The first-order chi connectivity index (χ1) is 16.4. The Morgan fingerprint density at radius 1 is 1.12 bits per heavy atom. The molecule has 4 rings (SSSR count). The molecule has 2 aromatic carbocycles. The van der Waals surface area contributed by atoms with Gasteiger partial charge >= 0.3 is 5.97 Å². The van der Waals surface area contributed by atoms with Crippen LogP contribution in [0.4, 0.5) is 0 Å². The zero-order valence-electron chi connectivity index (χ0n) is 18.8. The van der Waals surface area contributed by atoms with Gasteiger partial charge in [0.15, 0.2) is 11.5 Å². The van der Waals surface area contributed by atoms with E-state index in [2.05, 4.69) is 5.32 Å². The van der Waals surface area contributed by atoms with Gasteiger partial charge in [-0.05, 0) is 53.8 Å². The number of carbonyl (C=O) groups is 1. The van der Waals surface area contributed by atoms with E-state index in [4.69, 9.17) is 19.4 Å². The van der Waals surface area contributed by atoms with Crippen LogP contribution in [0.3, 0.4) is 0 Å². The quantitative estimate of drug-likeness (QED) is 0.370. The third-order valence-electron chi connectivity index (χ3n) is 5.94. The van der Waals surface area contributed by atoms with Crippen LogP contribution >= 0.6 is 0 Å². The predicted octanol–water partition coefficient (Wildman–Crippen LogP) is 0.462. The number of aliphatic hydroxyl groups excluding tert-OH is 2. The highest BCUT2D eigenvalue weighted by atomic mass is 16.7. The fraction of sp³-hybridized carbons (Fsp3) is 0.333. The first-order valence-corrected chi connectivity index (χ1v) is 10.7. The van der Waals surface area contributed by atoms with Crippen LogP contribution in [-0.4, -0.2) is 59.4 Å². The number of methoxy groups -OCH3 is 2. The van der Waals surface area contributed by atoms with Gasteiger partial charge in [0.05, 0.1) is 20.3 Å². The number of fused-ring (bicyclic) bond motifs is 2. The first-order valence-electron chi connectivity index (χ1n) is 10.7. The molecule has 1 aliphatic carbocycles. The molecule has 0 fully saturated rings. The molecule has 1 aliphatic rings. The van der Waals surface area contributed by atoms with Crippen molar-refractivity contribution in [3.63, 3.8) is 0 Å². The third-order valence-corrected chi connectivity index (χ3v) is 5.94. The normalized spacial score (nSPS) is 14.1. The number of aliphatic hydroxyl groups is 2. The average molecular weight is 470 g/mol. The van der Waals surface area contributed by atoms with E-state index in [1.807, 2.05) is 12.1 Å². The van der Waals surface area contributed by atoms with Crippen molar-refractivity contribution in [1.82, 2.24) is 10.0 Å². The molecule has 4 N–H and O–H groups in total. The number of aromatic nitrogens is 1. The summed E-state index contributed by atoms with van der Waals surface area (Å²) in [5, 5.41) is 33.9. The molecule has 0 bridgehead atoms. The van der Waals surface area contributed by atoms with Crippen LogP contribution in [0.5, 0.6) is 17.2 Å². The van der Waals surface area contributed by atoms with Crippen molar-refractivity contribution >= 4 is 16.9 Å². The van der Waals surface area contributed by atoms with E-state index in [0.717, 1.165) is 30.0 Å². The molecule has 180 valence electrons. The van der Waals surface area contributed by atoms with Crippen molar-refractivity contribution < 1.29 is 34.4 Å². The van der Waals surface area contributed by atoms with Crippen LogP contribution in [0.2, 0.25) is 0 Å². The maximum Gasteiger partial charge on any atom is 0.358 e. The first kappa shape index (κ1) is 23.6. The molecule has 1 unspecified atom stereocenters. The summed E-state index contributed by atoms with van der Waals surface area (Å²) >= 11 is 0. The number of rotatable bonds is 8. The van der Waals surface area contributed by atoms with Gasteiger partial charge in [-0.1, -0.05) is 6.07 Å². The second-order valence-electron chi connectivity index (χ2n) is 8.03. The topological polar surface area (TPSA) is 139 Å². The molecule has 34 heavy (non-hydrogen) atoms. The van der Waals surface area contributed by atoms with E-state index in [-0.39, 0.29) is 23.9 Å². The Balaban J connectivity index is 1.54. The minimum Gasteiger partial charge on any atom is -0.506 e. The highest BCUT2D eigenvalue weighted by molar-refractivity contribution is 5.88. The fourth-order valence-corrected chi connectivity index (χ4v) is 4.32. The highest BCUT2D eigenvalue weighted by Crippen LogP contribution is 2.35. The largest absolute Gasteiger partial charge is 0.506 e. The molecular formula is C24H26N2O8. The maximum atomic E-state index is 12.2. The van der Waals surface area contributed by atoms with Crippen molar-refractivity contribution in [2.45, 2.75) is 25.0 Å². The molecule has 0 aliphatic heterocycles. The van der Waals surface area contributed by atoms with Crippen molar-refractivity contribution in [2.75, 3.05) is 27.4 Å². The zero-order valence-corrected chi connectivity index (χ0v) is 18.8. The number of benzene rings is 2. The number of nitrogens with one attached hydrogen (secondary N) is 1. The number of pyridine rings is 1. The van der Waals surface area contributed by atoms with E-state index in [0.29, 0.717) is 27.2 Å². The Hall–Kier alpha value is -3.60. The molecule has 0 amide bonds. The zero-order chi connectivity index (χ0) is 24.4. The number of carbonyl (C=O) groups excluding carboxylic acids is 1. The number of aromatic hydroxyl groups is 1. The molecular weight excluding hydrogens is 444 g/mol. The Labute approximate surface area is 194 Å². The summed E-state index contributed by atoms with van der Waals surface area (Å²) in [5.41, 5.74) is 1.96. The Bertz CT molecular complexity index is 1250. The summed E-state index contributed by atoms with van der Waals surface area (Å²) in [7, 11) is 3.19. The maximum absolute atomic E-state index is 12.2. The molecule has 0 spiro atoms. The van der Waals surface area contributed by atoms with Crippen molar-refractivity contribution in [2.24, 2.45) is 0 Å². The molecule has 1 atom stereocenters. The summed E-state index contributed by atoms with van der Waals surface area (Å²) in [6, 6.07) is 9.49. The van der Waals surface area contributed by atoms with Gasteiger partial charge in [0, 0.05) is 24.0 Å². The second-order valence-corrected chi connectivity index (χ2v) is 8.03. The molecule has 3 aromatic rings. The van der Waals surface area contributed by atoms with Crippen molar-refractivity contribution in [1.29, 1.82) is 0 Å². The number of hydrogen-bond donors (Lipinski definition) is 4. The number of hydrogen-bond acceptors (Lipinski definition) is 9. The summed E-state index contributed by atoms with van der Waals surface area (Å²) in [6.07, 6.45) is 0.542. The molecule has 0 saturated heterocycles. The molecule has 10 heteroatoms. The summed E-state index contributed by atoms with van der Waals surface area (Å²) in [4.78, 5) is 28.6. The number of ether oxygens (including phenoxy) is 2. The second kappa shape index (κ2) is 9.72. The SMILES string of the molecule is COc1cc2c(cc1OC)CC(NCC(O)c1ccc(O)c3c1ccc(=O)n3OC(=O)CO)C2. The van der Waals surface area contributed by atoms with Crippen molar-refractivity contribution in [3.05, 3.63) is 63.4 Å². The van der Waals surface area contributed by atoms with Gasteiger partial charge in [-0.15, -0.1) is 4.73 Å². The van der Waals surface area contributed by atoms with Crippen LogP contribution in [0, 0.1) is 0 Å². The van der Waals surface area contributed by atoms with Gasteiger partial charge in [0.25, 0.3) is 5.56 Å². The third kappa shape index (κ3) is 4.43. The summed E-state index contributed by atoms with van der Waals surface area (Å²) in [6.45, 7) is -0.723. The monoisotopic (exact) mass is 470 g/mol. The van der Waals surface area contributed by atoms with E-state index >= 15 is 0 Å². The van der Waals surface area contributed by atoms with Gasteiger partial charge in [0.2, 0.25) is 0 Å². The molecule has 1 heterocycles. The van der Waals surface area contributed by atoms with Crippen LogP contribution in [0.15, 0.2) is 41.2 Å². The smallest absolute Gasteiger partial charge is 0.358 e. The lowest BCUT2D eigenvalue weighted by molar-refractivity contribution is -0.147. The van der Waals surface area contributed by atoms with Gasteiger partial charge < -0.3 is 34.9 Å². The van der Waals surface area contributed by atoms with Gasteiger partial charge in [-0.25, -0.2) is 4.79 Å². The molecule has 10 nitrogen and oxygen atoms in total. The average Bonchev–Trinajstić information content (AvgIpc) is 3.24. The molecule has 0 saturated carbocycles. The van der Waals surface area contributed by atoms with E-state index < -0.39 is 24.2 Å². The lowest BCUT2D eigenvalue weighted by atomic mass is 10.0. The lowest BCUT2D eigenvalue weighted by Crippen LogP contribution is -2.34. The van der Waals surface area contributed by atoms with Gasteiger partial charge in [0.1, 0.15) is 17.9 Å². The Kier molecular flexibility index (Phi) is 6.73. The predicted molar refractivity (Wildman–Crippen MR) is 122 cm³/mol. The Morgan fingerprint density at radius 2 is 1.76 bits per heavy atom. The molecule has 1 aromatic heterocycles.